The van der Waals surface area contributed by atoms with Gasteiger partial charge in [-0.1, -0.05) is 0 Å². The quantitative estimate of drug-likeness (QED) is 0.254. The van der Waals surface area contributed by atoms with Crippen molar-refractivity contribution in [1.82, 2.24) is 19.9 Å². The summed E-state index contributed by atoms with van der Waals surface area (Å²) in [6.45, 7) is -0.836. The second kappa shape index (κ2) is 5.83. The molecule has 13 heteroatoms. The molecule has 5 atom stereocenters. The third-order valence-electron chi connectivity index (χ3n) is 3.89. The highest BCUT2D eigenvalue weighted by Crippen LogP contribution is 2.34. The van der Waals surface area contributed by atoms with Crippen molar-refractivity contribution in [2.24, 2.45) is 0 Å². The van der Waals surface area contributed by atoms with Crippen LogP contribution in [0.15, 0.2) is 9.59 Å². The molecule has 1 aliphatic heterocycles. The van der Waals surface area contributed by atoms with Gasteiger partial charge in [0.25, 0.3) is 11.1 Å². The van der Waals surface area contributed by atoms with Gasteiger partial charge in [-0.3, -0.25) is 14.6 Å². The Morgan fingerprint density at radius 2 is 1.80 bits per heavy atom. The number of H-pyrrole nitrogens is 2. The molecule has 25 heavy (non-hydrogen) atoms. The molecule has 0 spiro atoms. The van der Waals surface area contributed by atoms with E-state index in [4.69, 9.17) is 10.5 Å². The van der Waals surface area contributed by atoms with Gasteiger partial charge in [-0.2, -0.15) is 4.98 Å². The highest BCUT2D eigenvalue weighted by atomic mass is 16.7. The van der Waals surface area contributed by atoms with Crippen LogP contribution in [-0.2, 0) is 10.5 Å². The normalized spacial score (nSPS) is 32.8. The molecule has 1 aliphatic rings. The summed E-state index contributed by atoms with van der Waals surface area (Å²) in [6, 6.07) is 0. The van der Waals surface area contributed by atoms with Crippen molar-refractivity contribution in [3.63, 3.8) is 0 Å². The number of anilines is 1. The zero-order chi connectivity index (χ0) is 18.5. The van der Waals surface area contributed by atoms with Crippen molar-refractivity contribution in [2.75, 3.05) is 12.3 Å². The first kappa shape index (κ1) is 17.4. The first-order chi connectivity index (χ1) is 11.7. The second-order valence-corrected chi connectivity index (χ2v) is 5.52. The third-order valence-corrected chi connectivity index (χ3v) is 3.89. The van der Waals surface area contributed by atoms with Crippen molar-refractivity contribution >= 4 is 17.1 Å². The molecule has 2 aromatic heterocycles. The molecule has 0 bridgehead atoms. The number of hydrogen-bond donors (Lipinski definition) is 8. The standard InChI is InChI=1S/C12H15N5O8/c13-11-16-8-3(9(22)17-11)14-6(10(23)15-8)12(24)7(21)5(20)4(19)2(1-18)25-12/h2,4-5,7,18-21,24H,1H2,(H4,13,15,16,17,22,23)/t2-,4-,5+,7-,12+/m1/s1. The Labute approximate surface area is 137 Å². The SMILES string of the molecule is Nc1nc2[nH]c(=O)c([C@]3(O)O[C@H](CO)[C@@H](O)[C@H](O)[C@H]3O)nc2c(=O)[nH]1. The molecule has 1 fully saturated rings. The number of aliphatic hydroxyl groups excluding tert-OH is 4. The molecule has 0 amide bonds. The van der Waals surface area contributed by atoms with Gasteiger partial charge in [-0.25, -0.2) is 4.98 Å². The van der Waals surface area contributed by atoms with Crippen molar-refractivity contribution in [1.29, 1.82) is 0 Å². The van der Waals surface area contributed by atoms with Crippen molar-refractivity contribution in [3.05, 3.63) is 26.4 Å². The zero-order valence-corrected chi connectivity index (χ0v) is 12.4. The van der Waals surface area contributed by atoms with Crippen molar-refractivity contribution < 1.29 is 30.3 Å². The maximum Gasteiger partial charge on any atom is 0.280 e. The van der Waals surface area contributed by atoms with Gasteiger partial charge >= 0.3 is 0 Å². The first-order valence-corrected chi connectivity index (χ1v) is 7.04. The first-order valence-electron chi connectivity index (χ1n) is 7.04. The summed E-state index contributed by atoms with van der Waals surface area (Å²) in [5, 5.41) is 49.4. The summed E-state index contributed by atoms with van der Waals surface area (Å²) in [6.07, 6.45) is -7.42. The molecule has 3 heterocycles. The minimum atomic E-state index is -2.90. The predicted molar refractivity (Wildman–Crippen MR) is 79.1 cm³/mol. The minimum Gasteiger partial charge on any atom is -0.394 e. The summed E-state index contributed by atoms with van der Waals surface area (Å²) in [5.41, 5.74) is 1.86. The van der Waals surface area contributed by atoms with Gasteiger partial charge in [0.15, 0.2) is 16.9 Å². The van der Waals surface area contributed by atoms with Gasteiger partial charge < -0.3 is 41.0 Å². The molecule has 1 saturated heterocycles. The van der Waals surface area contributed by atoms with E-state index < -0.39 is 59.1 Å². The Balaban J connectivity index is 2.22. The van der Waals surface area contributed by atoms with Crippen LogP contribution in [0.2, 0.25) is 0 Å². The third kappa shape index (κ3) is 2.58. The van der Waals surface area contributed by atoms with E-state index in [0.717, 1.165) is 0 Å². The van der Waals surface area contributed by atoms with Crippen LogP contribution >= 0.6 is 0 Å². The molecule has 0 saturated carbocycles. The fraction of sp³-hybridized carbons (Fsp3) is 0.500. The number of aliphatic hydroxyl groups is 5. The largest absolute Gasteiger partial charge is 0.394 e. The molecule has 0 unspecified atom stereocenters. The Kier molecular flexibility index (Phi) is 4.06. The predicted octanol–water partition coefficient (Wildman–Crippen LogP) is -4.79. The van der Waals surface area contributed by atoms with Crippen molar-refractivity contribution in [3.8, 4) is 0 Å². The Hall–Kier alpha value is -2.42. The fourth-order valence-corrected chi connectivity index (χ4v) is 2.60. The number of nitrogens with two attached hydrogens (primary N) is 1. The van der Waals surface area contributed by atoms with Gasteiger partial charge in [0.1, 0.15) is 24.4 Å². The number of fused-ring (bicyclic) bond motifs is 1. The van der Waals surface area contributed by atoms with Gasteiger partial charge in [0.05, 0.1) is 6.61 Å². The molecular weight excluding hydrogens is 342 g/mol. The highest BCUT2D eigenvalue weighted by molar-refractivity contribution is 5.69. The molecule has 9 N–H and O–H groups in total. The van der Waals surface area contributed by atoms with Gasteiger partial charge in [0, 0.05) is 0 Å². The number of ether oxygens (including phenoxy) is 1. The smallest absolute Gasteiger partial charge is 0.280 e. The average molecular weight is 357 g/mol. The molecular formula is C12H15N5O8. The number of aromatic amines is 2. The van der Waals surface area contributed by atoms with E-state index in [1.54, 1.807) is 0 Å². The second-order valence-electron chi connectivity index (χ2n) is 5.52. The molecule has 0 aromatic carbocycles. The summed E-state index contributed by atoms with van der Waals surface area (Å²) in [7, 11) is 0. The monoisotopic (exact) mass is 357 g/mol. The Morgan fingerprint density at radius 1 is 1.12 bits per heavy atom. The zero-order valence-electron chi connectivity index (χ0n) is 12.4. The number of nitrogens with zero attached hydrogens (tertiary/aromatic N) is 2. The molecule has 0 aliphatic carbocycles. The van der Waals surface area contributed by atoms with Crippen LogP contribution < -0.4 is 16.9 Å². The summed E-state index contributed by atoms with van der Waals surface area (Å²) in [4.78, 5) is 35.8. The van der Waals surface area contributed by atoms with E-state index in [0.29, 0.717) is 0 Å². The molecule has 136 valence electrons. The van der Waals surface area contributed by atoms with Crippen LogP contribution in [0.1, 0.15) is 5.69 Å². The van der Waals surface area contributed by atoms with E-state index in [1.165, 1.54) is 0 Å². The average Bonchev–Trinajstić information content (AvgIpc) is 2.55. The van der Waals surface area contributed by atoms with E-state index in [-0.39, 0.29) is 11.6 Å². The van der Waals surface area contributed by atoms with Crippen molar-refractivity contribution in [2.45, 2.75) is 30.2 Å². The molecule has 13 nitrogen and oxygen atoms in total. The topological polar surface area (TPSA) is 228 Å². The lowest BCUT2D eigenvalue weighted by molar-refractivity contribution is -0.359. The Bertz CT molecular complexity index is 926. The number of rotatable bonds is 2. The van der Waals surface area contributed by atoms with Crippen LogP contribution in [0.3, 0.4) is 0 Å². The van der Waals surface area contributed by atoms with E-state index in [1.807, 2.05) is 0 Å². The van der Waals surface area contributed by atoms with Crippen LogP contribution in [0.25, 0.3) is 11.2 Å². The molecule has 2 aromatic rings. The summed E-state index contributed by atoms with van der Waals surface area (Å²) >= 11 is 0. The maximum atomic E-state index is 12.2. The lowest BCUT2D eigenvalue weighted by Crippen LogP contribution is -2.64. The van der Waals surface area contributed by atoms with Crippen LogP contribution in [-0.4, -0.2) is 76.5 Å². The Morgan fingerprint density at radius 3 is 2.44 bits per heavy atom. The lowest BCUT2D eigenvalue weighted by atomic mass is 9.91. The lowest BCUT2D eigenvalue weighted by Gasteiger charge is -2.44. The molecule has 3 rings (SSSR count). The van der Waals surface area contributed by atoms with Gasteiger partial charge in [0.2, 0.25) is 11.7 Å². The summed E-state index contributed by atoms with van der Waals surface area (Å²) in [5.74, 6) is -3.18. The number of nitrogens with one attached hydrogen (secondary N) is 2. The van der Waals surface area contributed by atoms with Crippen LogP contribution in [0, 0.1) is 0 Å². The van der Waals surface area contributed by atoms with Crippen LogP contribution in [0.5, 0.6) is 0 Å². The fourth-order valence-electron chi connectivity index (χ4n) is 2.60. The van der Waals surface area contributed by atoms with Crippen LogP contribution in [0.4, 0.5) is 5.95 Å². The van der Waals surface area contributed by atoms with E-state index in [2.05, 4.69) is 19.9 Å². The van der Waals surface area contributed by atoms with Gasteiger partial charge in [-0.05, 0) is 0 Å². The highest BCUT2D eigenvalue weighted by Gasteiger charge is 2.55. The van der Waals surface area contributed by atoms with Gasteiger partial charge in [-0.15, -0.1) is 0 Å². The number of hydrogen-bond acceptors (Lipinski definition) is 11. The summed E-state index contributed by atoms with van der Waals surface area (Å²) < 4.78 is 5.00. The number of nitrogen functional groups attached to an aromatic ring is 1. The molecule has 0 radical (unpaired) electrons. The van der Waals surface area contributed by atoms with E-state index in [9.17, 15) is 35.1 Å². The number of aromatic nitrogens is 4. The minimum absolute atomic E-state index is 0.275. The van der Waals surface area contributed by atoms with E-state index >= 15 is 0 Å². The maximum absolute atomic E-state index is 12.2.